The lowest BCUT2D eigenvalue weighted by atomic mass is 9.99. The minimum Gasteiger partial charge on any atom is -0.388 e. The Balaban J connectivity index is 0.00000122. The van der Waals surface area contributed by atoms with Gasteiger partial charge in [-0.05, 0) is 36.4 Å². The molecule has 2 aliphatic rings. The molecule has 58 heavy (non-hydrogen) atoms. The number of aromatic amines is 1. The number of H-pyrrole nitrogens is 1. The molecule has 1 atom stereocenters. The number of carbonyl (C=O) groups is 4. The standard InChI is InChI=1S/C38H36ClF3N8O3.C2H6O.CH2O/c1-47-31(28-10-9-26(32(41)33(28)42)29-19-44-46-34(29)22-5-4-6-24(40)17-22)20-43-35(47)36(51)45-25-7-8-27(30(39)18-25)38(53)49-14-12-48(13-15-49)37(52)23-11-16-50(2,3)21-23;1-3-2;1-2/h4-10,17-20,23H,11-16,21H2,1-3H3,(H-,44,45,46,51,53);1-2H3;1H2/p+1. The number of piperazine rings is 1. The van der Waals surface area contributed by atoms with Crippen LogP contribution in [-0.2, 0) is 21.4 Å². The first-order valence-corrected chi connectivity index (χ1v) is 18.6. The van der Waals surface area contributed by atoms with Crippen LogP contribution in [0.25, 0.3) is 33.6 Å². The maximum absolute atomic E-state index is 15.6. The molecular formula is C41H45ClF3N8O5+. The zero-order valence-corrected chi connectivity index (χ0v) is 33.6. The Morgan fingerprint density at radius 3 is 2.21 bits per heavy atom. The highest BCUT2D eigenvalue weighted by molar-refractivity contribution is 6.34. The van der Waals surface area contributed by atoms with E-state index in [1.54, 1.807) is 31.3 Å². The van der Waals surface area contributed by atoms with E-state index >= 15 is 8.78 Å². The van der Waals surface area contributed by atoms with E-state index in [0.717, 1.165) is 24.0 Å². The smallest absolute Gasteiger partial charge is 0.291 e. The summed E-state index contributed by atoms with van der Waals surface area (Å²) in [5.41, 5.74) is 1.46. The van der Waals surface area contributed by atoms with Gasteiger partial charge in [-0.2, -0.15) is 5.10 Å². The second-order valence-corrected chi connectivity index (χ2v) is 14.9. The summed E-state index contributed by atoms with van der Waals surface area (Å²) in [5.74, 6) is -3.65. The Morgan fingerprint density at radius 2 is 1.57 bits per heavy atom. The summed E-state index contributed by atoms with van der Waals surface area (Å²) < 4.78 is 51.5. The van der Waals surface area contributed by atoms with E-state index in [-0.39, 0.29) is 56.5 Å². The summed E-state index contributed by atoms with van der Waals surface area (Å²) >= 11 is 6.53. The lowest BCUT2D eigenvalue weighted by Gasteiger charge is -2.36. The fourth-order valence-corrected chi connectivity index (χ4v) is 7.44. The quantitative estimate of drug-likeness (QED) is 0.194. The van der Waals surface area contributed by atoms with Crippen molar-refractivity contribution in [3.63, 3.8) is 0 Å². The molecule has 0 aliphatic carbocycles. The number of anilines is 1. The van der Waals surface area contributed by atoms with Gasteiger partial charge in [0, 0.05) is 81.8 Å². The minimum atomic E-state index is -1.17. The van der Waals surface area contributed by atoms with E-state index in [1.807, 2.05) is 11.7 Å². The SMILES string of the molecule is C=O.COC.Cn1c(-c2ccc(-c3cn[nH]c3-c3cccc(F)c3)c(F)c2F)cnc1C(=O)Nc1ccc(C(=O)N2CCN(C(=O)C3CC[N+](C)(C)C3)CC2)c(Cl)c1. The predicted octanol–water partition coefficient (Wildman–Crippen LogP) is 5.93. The van der Waals surface area contributed by atoms with E-state index in [4.69, 9.17) is 16.4 Å². The maximum atomic E-state index is 15.6. The Labute approximate surface area is 338 Å². The number of nitrogens with one attached hydrogen (secondary N) is 2. The zero-order chi connectivity index (χ0) is 42.3. The van der Waals surface area contributed by atoms with E-state index in [9.17, 15) is 18.8 Å². The van der Waals surface area contributed by atoms with Crippen LogP contribution in [0.15, 0.2) is 67.0 Å². The number of likely N-dealkylation sites (tertiary alicyclic amines) is 1. The number of methoxy groups -OCH3 is 1. The summed E-state index contributed by atoms with van der Waals surface area (Å²) in [6.45, 7) is 5.47. The number of carbonyl (C=O) groups excluding carboxylic acids is 4. The van der Waals surface area contributed by atoms with Gasteiger partial charge in [-0.25, -0.2) is 18.2 Å². The van der Waals surface area contributed by atoms with Crippen LogP contribution in [0, 0.1) is 23.4 Å². The third kappa shape index (κ3) is 9.30. The number of amides is 3. The third-order valence-electron chi connectivity index (χ3n) is 10.1. The zero-order valence-electron chi connectivity index (χ0n) is 32.8. The molecule has 7 rings (SSSR count). The molecule has 4 heterocycles. The van der Waals surface area contributed by atoms with Crippen LogP contribution in [0.4, 0.5) is 18.9 Å². The molecule has 2 aromatic heterocycles. The molecule has 2 fully saturated rings. The largest absolute Gasteiger partial charge is 0.388 e. The van der Waals surface area contributed by atoms with Crippen molar-refractivity contribution in [3.8, 4) is 33.6 Å². The van der Waals surface area contributed by atoms with Gasteiger partial charge >= 0.3 is 0 Å². The van der Waals surface area contributed by atoms with Gasteiger partial charge in [-0.15, -0.1) is 0 Å². The van der Waals surface area contributed by atoms with Crippen molar-refractivity contribution in [3.05, 3.63) is 101 Å². The number of nitrogens with zero attached hydrogens (tertiary/aromatic N) is 6. The van der Waals surface area contributed by atoms with Crippen LogP contribution < -0.4 is 5.32 Å². The van der Waals surface area contributed by atoms with Gasteiger partial charge in [0.1, 0.15) is 12.6 Å². The summed E-state index contributed by atoms with van der Waals surface area (Å²) in [6, 6.07) is 12.9. The van der Waals surface area contributed by atoms with Gasteiger partial charge in [0.25, 0.3) is 11.8 Å². The van der Waals surface area contributed by atoms with Crippen molar-refractivity contribution >= 4 is 41.8 Å². The van der Waals surface area contributed by atoms with Gasteiger partial charge in [-0.1, -0.05) is 29.8 Å². The molecule has 2 saturated heterocycles. The first kappa shape index (κ1) is 43.3. The number of hydrogen-bond donors (Lipinski definition) is 2. The lowest BCUT2D eigenvalue weighted by molar-refractivity contribution is -0.878. The molecule has 0 bridgehead atoms. The minimum absolute atomic E-state index is 0.00903. The van der Waals surface area contributed by atoms with Crippen LogP contribution in [0.1, 0.15) is 27.4 Å². The average Bonchev–Trinajstić information content (AvgIpc) is 3.95. The van der Waals surface area contributed by atoms with Crippen molar-refractivity contribution in [1.82, 2.24) is 29.5 Å². The van der Waals surface area contributed by atoms with Crippen LogP contribution in [0.5, 0.6) is 0 Å². The van der Waals surface area contributed by atoms with Crippen LogP contribution in [-0.4, -0.2) is 126 Å². The first-order valence-electron chi connectivity index (χ1n) is 18.2. The van der Waals surface area contributed by atoms with Crippen molar-refractivity contribution in [2.45, 2.75) is 6.42 Å². The topological polar surface area (TPSA) is 143 Å². The Bertz CT molecular complexity index is 2290. The van der Waals surface area contributed by atoms with Crippen molar-refractivity contribution < 1.29 is 41.6 Å². The molecule has 3 aromatic carbocycles. The summed E-state index contributed by atoms with van der Waals surface area (Å²) in [6.07, 6.45) is 3.46. The molecular weight excluding hydrogens is 777 g/mol. The Hall–Kier alpha value is -5.84. The number of hydrogen-bond acceptors (Lipinski definition) is 7. The van der Waals surface area contributed by atoms with Crippen LogP contribution in [0.2, 0.25) is 5.02 Å². The van der Waals surface area contributed by atoms with Crippen molar-refractivity contribution in [2.75, 3.05) is 72.9 Å². The number of ether oxygens (including phenoxy) is 1. The van der Waals surface area contributed by atoms with Gasteiger partial charge in [-0.3, -0.25) is 19.5 Å². The molecule has 0 radical (unpaired) electrons. The van der Waals surface area contributed by atoms with Crippen molar-refractivity contribution in [1.29, 1.82) is 0 Å². The fraction of sp³-hybridized carbons (Fsp3) is 0.317. The predicted molar refractivity (Wildman–Crippen MR) is 213 cm³/mol. The molecule has 5 aromatic rings. The highest BCUT2D eigenvalue weighted by atomic mass is 35.5. The summed E-state index contributed by atoms with van der Waals surface area (Å²) in [4.78, 5) is 55.4. The molecule has 306 valence electrons. The van der Waals surface area contributed by atoms with E-state index in [1.165, 1.54) is 66.5 Å². The van der Waals surface area contributed by atoms with E-state index in [0.29, 0.717) is 43.1 Å². The highest BCUT2D eigenvalue weighted by Crippen LogP contribution is 2.36. The van der Waals surface area contributed by atoms with E-state index < -0.39 is 23.4 Å². The monoisotopic (exact) mass is 821 g/mol. The third-order valence-corrected chi connectivity index (χ3v) is 10.4. The van der Waals surface area contributed by atoms with Gasteiger partial charge in [0.05, 0.1) is 67.5 Å². The van der Waals surface area contributed by atoms with Crippen molar-refractivity contribution in [2.24, 2.45) is 13.0 Å². The van der Waals surface area contributed by atoms with Gasteiger partial charge in [0.2, 0.25) is 5.91 Å². The van der Waals surface area contributed by atoms with Gasteiger partial charge in [0.15, 0.2) is 17.5 Å². The number of benzene rings is 3. The molecule has 0 saturated carbocycles. The van der Waals surface area contributed by atoms with Crippen LogP contribution >= 0.6 is 11.6 Å². The fourth-order valence-electron chi connectivity index (χ4n) is 7.18. The molecule has 17 heteroatoms. The number of quaternary nitrogens is 1. The maximum Gasteiger partial charge on any atom is 0.291 e. The van der Waals surface area contributed by atoms with Crippen LogP contribution in [0.3, 0.4) is 0 Å². The Morgan fingerprint density at radius 1 is 0.914 bits per heavy atom. The average molecular weight is 822 g/mol. The first-order chi connectivity index (χ1) is 27.7. The number of aromatic nitrogens is 4. The normalized spacial score (nSPS) is 15.8. The second-order valence-electron chi connectivity index (χ2n) is 14.5. The molecule has 0 spiro atoms. The number of rotatable bonds is 7. The molecule has 13 nitrogen and oxygen atoms in total. The summed E-state index contributed by atoms with van der Waals surface area (Å²) in [7, 11) is 9.00. The number of imidazole rings is 1. The second kappa shape index (κ2) is 18.6. The molecule has 2 aliphatic heterocycles. The molecule has 1 unspecified atom stereocenters. The highest BCUT2D eigenvalue weighted by Gasteiger charge is 2.38. The molecule has 3 amide bonds. The summed E-state index contributed by atoms with van der Waals surface area (Å²) in [5, 5.41) is 9.51. The lowest BCUT2D eigenvalue weighted by Crippen LogP contribution is -2.52. The van der Waals surface area contributed by atoms with Gasteiger partial charge < -0.3 is 33.7 Å². The Kier molecular flexibility index (Phi) is 13.9. The van der Waals surface area contributed by atoms with E-state index in [2.05, 4.69) is 39.3 Å². The molecule has 2 N–H and O–H groups in total. The number of halogens is 4.